The third kappa shape index (κ3) is 3.69. The topological polar surface area (TPSA) is 122 Å². The van der Waals surface area contributed by atoms with Gasteiger partial charge in [0.25, 0.3) is 11.8 Å². The van der Waals surface area contributed by atoms with Gasteiger partial charge in [0.15, 0.2) is 0 Å². The molecule has 2 unspecified atom stereocenters. The first-order valence-corrected chi connectivity index (χ1v) is 8.10. The summed E-state index contributed by atoms with van der Waals surface area (Å²) in [5.41, 5.74) is 7.59. The van der Waals surface area contributed by atoms with Crippen molar-refractivity contribution in [3.05, 3.63) is 70.8 Å². The second-order valence-corrected chi connectivity index (χ2v) is 6.04. The van der Waals surface area contributed by atoms with Gasteiger partial charge >= 0.3 is 0 Å². The molecule has 0 aromatic heterocycles. The normalized spacial score (nSPS) is 19.4. The Morgan fingerprint density at radius 3 is 1.44 bits per heavy atom. The van der Waals surface area contributed by atoms with Crippen LogP contribution < -0.4 is 27.9 Å². The van der Waals surface area contributed by atoms with Crippen molar-refractivity contribution >= 4 is 11.8 Å². The Morgan fingerprint density at radius 1 is 0.760 bits per heavy atom. The molecule has 0 spiro atoms. The number of benzene rings is 2. The molecule has 1 fully saturated rings. The minimum absolute atomic E-state index is 0.229. The minimum atomic E-state index is -0.301. The van der Waals surface area contributed by atoms with Gasteiger partial charge in [-0.05, 0) is 48.2 Å². The molecule has 0 aliphatic carbocycles. The van der Waals surface area contributed by atoms with E-state index in [0.29, 0.717) is 11.1 Å². The summed E-state index contributed by atoms with van der Waals surface area (Å²) in [5.74, 6) is 9.68. The maximum Gasteiger partial charge on any atom is 0.265 e. The molecule has 2 amide bonds. The van der Waals surface area contributed by atoms with Gasteiger partial charge in [-0.2, -0.15) is 0 Å². The number of nitrogen functional groups attached to an aromatic ring is 2. The van der Waals surface area contributed by atoms with Crippen LogP contribution in [0, 0.1) is 0 Å². The molecule has 7 nitrogen and oxygen atoms in total. The molecular weight excluding hydrogens is 318 g/mol. The van der Waals surface area contributed by atoms with Gasteiger partial charge in [-0.1, -0.05) is 24.3 Å². The lowest BCUT2D eigenvalue weighted by molar-refractivity contribution is 0.0945. The van der Waals surface area contributed by atoms with E-state index in [1.807, 2.05) is 24.3 Å². The van der Waals surface area contributed by atoms with E-state index in [0.717, 1.165) is 24.0 Å². The van der Waals surface area contributed by atoms with Gasteiger partial charge in [0.05, 0.1) is 0 Å². The maximum atomic E-state index is 11.5. The molecule has 3 rings (SSSR count). The number of nitrogens with two attached hydrogens (primary N) is 2. The third-order valence-electron chi connectivity index (χ3n) is 4.56. The van der Waals surface area contributed by atoms with Crippen molar-refractivity contribution in [2.75, 3.05) is 0 Å². The second kappa shape index (κ2) is 7.43. The molecule has 1 saturated heterocycles. The number of carbonyl (C=O) groups is 2. The SMILES string of the molecule is NNC(=O)c1ccc(C2CCC(c3ccc(C(=O)NN)cc3)N2)cc1. The van der Waals surface area contributed by atoms with Crippen LogP contribution in [0.4, 0.5) is 0 Å². The van der Waals surface area contributed by atoms with E-state index < -0.39 is 0 Å². The molecule has 2 atom stereocenters. The first-order valence-electron chi connectivity index (χ1n) is 8.10. The van der Waals surface area contributed by atoms with Gasteiger partial charge in [0.2, 0.25) is 0 Å². The third-order valence-corrected chi connectivity index (χ3v) is 4.56. The van der Waals surface area contributed by atoms with Gasteiger partial charge < -0.3 is 5.32 Å². The average molecular weight is 339 g/mol. The fourth-order valence-electron chi connectivity index (χ4n) is 3.17. The average Bonchev–Trinajstić information content (AvgIpc) is 3.17. The summed E-state index contributed by atoms with van der Waals surface area (Å²) < 4.78 is 0. The van der Waals surface area contributed by atoms with Crippen molar-refractivity contribution in [3.8, 4) is 0 Å². The summed E-state index contributed by atoms with van der Waals surface area (Å²) in [4.78, 5) is 23.0. The van der Waals surface area contributed by atoms with Gasteiger partial charge in [-0.25, -0.2) is 11.7 Å². The lowest BCUT2D eigenvalue weighted by Crippen LogP contribution is -2.30. The van der Waals surface area contributed by atoms with Gasteiger partial charge in [0.1, 0.15) is 0 Å². The molecule has 25 heavy (non-hydrogen) atoms. The molecule has 2 aromatic rings. The predicted molar refractivity (Wildman–Crippen MR) is 94.0 cm³/mol. The maximum absolute atomic E-state index is 11.5. The number of nitrogens with one attached hydrogen (secondary N) is 3. The molecule has 7 heteroatoms. The number of amides is 2. The molecule has 0 radical (unpaired) electrons. The highest BCUT2D eigenvalue weighted by Gasteiger charge is 2.26. The van der Waals surface area contributed by atoms with E-state index in [9.17, 15) is 9.59 Å². The Labute approximate surface area is 145 Å². The smallest absolute Gasteiger partial charge is 0.265 e. The van der Waals surface area contributed by atoms with Crippen LogP contribution in [0.2, 0.25) is 0 Å². The lowest BCUT2D eigenvalue weighted by Gasteiger charge is -2.16. The van der Waals surface area contributed by atoms with E-state index in [-0.39, 0.29) is 23.9 Å². The van der Waals surface area contributed by atoms with Crippen molar-refractivity contribution in [2.45, 2.75) is 24.9 Å². The van der Waals surface area contributed by atoms with E-state index in [4.69, 9.17) is 11.7 Å². The highest BCUT2D eigenvalue weighted by molar-refractivity contribution is 5.94. The highest BCUT2D eigenvalue weighted by atomic mass is 16.2. The van der Waals surface area contributed by atoms with Crippen molar-refractivity contribution in [2.24, 2.45) is 11.7 Å². The van der Waals surface area contributed by atoms with E-state index in [1.54, 1.807) is 24.3 Å². The zero-order chi connectivity index (χ0) is 17.8. The first kappa shape index (κ1) is 17.1. The van der Waals surface area contributed by atoms with Crippen LogP contribution in [0.15, 0.2) is 48.5 Å². The Balaban J connectivity index is 1.67. The first-order chi connectivity index (χ1) is 12.1. The summed E-state index contributed by atoms with van der Waals surface area (Å²) in [7, 11) is 0. The summed E-state index contributed by atoms with van der Waals surface area (Å²) >= 11 is 0. The zero-order valence-electron chi connectivity index (χ0n) is 13.7. The van der Waals surface area contributed by atoms with E-state index in [1.165, 1.54) is 0 Å². The lowest BCUT2D eigenvalue weighted by atomic mass is 10.0. The van der Waals surface area contributed by atoms with Crippen LogP contribution in [0.5, 0.6) is 0 Å². The van der Waals surface area contributed by atoms with Crippen LogP contribution in [-0.4, -0.2) is 11.8 Å². The molecule has 130 valence electrons. The molecule has 1 aliphatic rings. The molecule has 0 saturated carbocycles. The van der Waals surface area contributed by atoms with E-state index >= 15 is 0 Å². The fourth-order valence-corrected chi connectivity index (χ4v) is 3.17. The number of hydrogen-bond donors (Lipinski definition) is 5. The van der Waals surface area contributed by atoms with E-state index in [2.05, 4.69) is 16.2 Å². The summed E-state index contributed by atoms with van der Waals surface area (Å²) in [5, 5.41) is 3.60. The molecular formula is C18H21N5O2. The Hall–Kier alpha value is -2.74. The highest BCUT2D eigenvalue weighted by Crippen LogP contribution is 2.34. The Kier molecular flexibility index (Phi) is 5.08. The standard InChI is InChI=1S/C18H21N5O2/c19-22-17(24)13-5-1-11(2-6-13)15-9-10-16(21-15)12-3-7-14(8-4-12)18(25)23-20/h1-8,15-16,21H,9-10,19-20H2,(H,22,24)(H,23,25). The van der Waals surface area contributed by atoms with Crippen LogP contribution in [-0.2, 0) is 0 Å². The van der Waals surface area contributed by atoms with Gasteiger partial charge in [-0.3, -0.25) is 20.4 Å². The molecule has 2 aromatic carbocycles. The van der Waals surface area contributed by atoms with Gasteiger partial charge in [0, 0.05) is 23.2 Å². The molecule has 1 aliphatic heterocycles. The van der Waals surface area contributed by atoms with Crippen LogP contribution in [0.3, 0.4) is 0 Å². The monoisotopic (exact) mass is 339 g/mol. The Morgan fingerprint density at radius 2 is 1.12 bits per heavy atom. The second-order valence-electron chi connectivity index (χ2n) is 6.04. The summed E-state index contributed by atoms with van der Waals surface area (Å²) in [6.45, 7) is 0. The van der Waals surface area contributed by atoms with Crippen LogP contribution in [0.25, 0.3) is 0 Å². The quantitative estimate of drug-likeness (QED) is 0.324. The van der Waals surface area contributed by atoms with Gasteiger partial charge in [-0.15, -0.1) is 0 Å². The van der Waals surface area contributed by atoms with Crippen molar-refractivity contribution in [3.63, 3.8) is 0 Å². The summed E-state index contributed by atoms with van der Waals surface area (Å²) in [6, 6.07) is 15.3. The van der Waals surface area contributed by atoms with Crippen molar-refractivity contribution in [1.82, 2.24) is 16.2 Å². The van der Waals surface area contributed by atoms with Crippen LogP contribution in [0.1, 0.15) is 56.8 Å². The molecule has 7 N–H and O–H groups in total. The number of hydrazine groups is 2. The fraction of sp³-hybridized carbons (Fsp3) is 0.222. The predicted octanol–water partition coefficient (Wildman–Crippen LogP) is 1.06. The number of hydrogen-bond acceptors (Lipinski definition) is 5. The minimum Gasteiger partial charge on any atom is -0.303 e. The number of rotatable bonds is 4. The number of carbonyl (C=O) groups excluding carboxylic acids is 2. The Bertz CT molecular complexity index is 693. The molecule has 1 heterocycles. The largest absolute Gasteiger partial charge is 0.303 e. The summed E-state index contributed by atoms with van der Waals surface area (Å²) in [6.07, 6.45) is 2.00. The molecule has 0 bridgehead atoms. The van der Waals surface area contributed by atoms with Crippen molar-refractivity contribution < 1.29 is 9.59 Å². The van der Waals surface area contributed by atoms with Crippen molar-refractivity contribution in [1.29, 1.82) is 0 Å². The van der Waals surface area contributed by atoms with Crippen LogP contribution >= 0.6 is 0 Å². The zero-order valence-corrected chi connectivity index (χ0v) is 13.7.